The molecule has 8 nitrogen and oxygen atoms in total. The van der Waals surface area contributed by atoms with Crippen molar-refractivity contribution in [1.82, 2.24) is 14.8 Å². The number of anilines is 1. The molecule has 0 radical (unpaired) electrons. The second kappa shape index (κ2) is 10.7. The van der Waals surface area contributed by atoms with Gasteiger partial charge in [0.25, 0.3) is 11.8 Å². The van der Waals surface area contributed by atoms with E-state index in [4.69, 9.17) is 4.74 Å². The van der Waals surface area contributed by atoms with Gasteiger partial charge in [-0.3, -0.25) is 9.59 Å². The average molecular weight is 467 g/mol. The Hall–Kier alpha value is -3.39. The molecule has 8 heteroatoms. The summed E-state index contributed by atoms with van der Waals surface area (Å²) in [5, 5.41) is 10.1. The minimum atomic E-state index is -0.184. The van der Waals surface area contributed by atoms with Crippen molar-refractivity contribution >= 4 is 17.5 Å². The van der Waals surface area contributed by atoms with Crippen LogP contribution in [0.2, 0.25) is 0 Å². The molecule has 0 fully saturated rings. The zero-order valence-corrected chi connectivity index (χ0v) is 20.8. The highest BCUT2D eigenvalue weighted by atomic mass is 16.5. The first-order chi connectivity index (χ1) is 16.1. The number of ether oxygens (including phenoxy) is 1. The molecule has 0 saturated heterocycles. The van der Waals surface area contributed by atoms with Crippen molar-refractivity contribution in [1.29, 1.82) is 0 Å². The van der Waals surface area contributed by atoms with Crippen LogP contribution in [0.25, 0.3) is 0 Å². The van der Waals surface area contributed by atoms with E-state index in [9.17, 15) is 14.7 Å². The summed E-state index contributed by atoms with van der Waals surface area (Å²) in [5.41, 5.74) is 3.60. The monoisotopic (exact) mass is 466 g/mol. The molecule has 1 aliphatic rings. The lowest BCUT2D eigenvalue weighted by atomic mass is 9.98. The van der Waals surface area contributed by atoms with Crippen LogP contribution in [0.1, 0.15) is 46.9 Å². The number of pyridine rings is 1. The van der Waals surface area contributed by atoms with Gasteiger partial charge >= 0.3 is 0 Å². The molecule has 2 aromatic rings. The normalized spacial score (nSPS) is 13.5. The Morgan fingerprint density at radius 2 is 1.97 bits per heavy atom. The number of phenols is 1. The van der Waals surface area contributed by atoms with E-state index in [1.165, 1.54) is 18.1 Å². The SMILES string of the molecule is COc1nc2c(cc1N(C)C(=O)/C=C/CN(C)C)CN(C(=O)c1ccc(O)c(C(C)C)c1)CC2. The number of aromatic nitrogens is 1. The summed E-state index contributed by atoms with van der Waals surface area (Å²) in [6.07, 6.45) is 3.93. The maximum absolute atomic E-state index is 13.2. The van der Waals surface area contributed by atoms with Gasteiger partial charge in [0.1, 0.15) is 11.4 Å². The molecule has 182 valence electrons. The largest absolute Gasteiger partial charge is 0.508 e. The van der Waals surface area contributed by atoms with E-state index in [1.807, 2.05) is 38.9 Å². The Kier molecular flexibility index (Phi) is 7.94. The highest BCUT2D eigenvalue weighted by Gasteiger charge is 2.26. The lowest BCUT2D eigenvalue weighted by Gasteiger charge is -2.30. The molecule has 0 atom stereocenters. The first kappa shape index (κ1) is 25.2. The van der Waals surface area contributed by atoms with Crippen LogP contribution in [-0.4, -0.2) is 73.0 Å². The van der Waals surface area contributed by atoms with Crippen LogP contribution in [0.3, 0.4) is 0 Å². The van der Waals surface area contributed by atoms with Gasteiger partial charge in [-0.1, -0.05) is 19.9 Å². The summed E-state index contributed by atoms with van der Waals surface area (Å²) >= 11 is 0. The minimum absolute atomic E-state index is 0.0963. The van der Waals surface area contributed by atoms with Gasteiger partial charge in [-0.2, -0.15) is 0 Å². The fraction of sp³-hybridized carbons (Fsp3) is 0.423. The number of benzene rings is 1. The third-order valence-electron chi connectivity index (χ3n) is 5.92. The number of aromatic hydroxyl groups is 1. The topological polar surface area (TPSA) is 86.2 Å². The first-order valence-corrected chi connectivity index (χ1v) is 11.4. The van der Waals surface area contributed by atoms with Crippen LogP contribution in [0.4, 0.5) is 5.69 Å². The lowest BCUT2D eigenvalue weighted by molar-refractivity contribution is -0.113. The first-order valence-electron chi connectivity index (χ1n) is 11.4. The van der Waals surface area contributed by atoms with Crippen LogP contribution < -0.4 is 9.64 Å². The molecule has 1 N–H and O–H groups in total. The quantitative estimate of drug-likeness (QED) is 0.631. The summed E-state index contributed by atoms with van der Waals surface area (Å²) < 4.78 is 5.47. The third kappa shape index (κ3) is 5.56. The molecule has 34 heavy (non-hydrogen) atoms. The number of methoxy groups -OCH3 is 1. The number of hydrogen-bond acceptors (Lipinski definition) is 6. The number of hydrogen-bond donors (Lipinski definition) is 1. The Morgan fingerprint density at radius 1 is 1.24 bits per heavy atom. The molecular formula is C26H34N4O4. The highest BCUT2D eigenvalue weighted by Crippen LogP contribution is 2.32. The molecule has 0 bridgehead atoms. The van der Waals surface area contributed by atoms with E-state index in [0.29, 0.717) is 43.2 Å². The van der Waals surface area contributed by atoms with Crippen molar-refractivity contribution in [3.8, 4) is 11.6 Å². The number of fused-ring (bicyclic) bond motifs is 1. The van der Waals surface area contributed by atoms with E-state index < -0.39 is 0 Å². The van der Waals surface area contributed by atoms with Crippen molar-refractivity contribution in [3.63, 3.8) is 0 Å². The van der Waals surface area contributed by atoms with Crippen LogP contribution >= 0.6 is 0 Å². The van der Waals surface area contributed by atoms with Crippen molar-refractivity contribution in [3.05, 3.63) is 58.8 Å². The van der Waals surface area contributed by atoms with E-state index in [0.717, 1.165) is 16.8 Å². The fourth-order valence-corrected chi connectivity index (χ4v) is 3.93. The molecular weight excluding hydrogens is 432 g/mol. The Labute approximate surface area is 201 Å². The number of nitrogens with zero attached hydrogens (tertiary/aromatic N) is 4. The van der Waals surface area contributed by atoms with Crippen molar-refractivity contribution in [2.24, 2.45) is 0 Å². The zero-order chi connectivity index (χ0) is 25.0. The number of likely N-dealkylation sites (N-methyl/N-ethyl adjacent to an activating group) is 2. The lowest BCUT2D eigenvalue weighted by Crippen LogP contribution is -2.37. The van der Waals surface area contributed by atoms with Crippen LogP contribution in [0.15, 0.2) is 36.4 Å². The Morgan fingerprint density at radius 3 is 2.62 bits per heavy atom. The summed E-state index contributed by atoms with van der Waals surface area (Å²) in [6.45, 7) is 5.53. The van der Waals surface area contributed by atoms with Crippen LogP contribution in [0.5, 0.6) is 11.6 Å². The molecule has 2 heterocycles. The van der Waals surface area contributed by atoms with Crippen molar-refractivity contribution in [2.45, 2.75) is 32.7 Å². The highest BCUT2D eigenvalue weighted by molar-refractivity contribution is 6.02. The number of rotatable bonds is 7. The molecule has 0 saturated carbocycles. The number of carbonyl (C=O) groups is 2. The molecule has 0 aliphatic carbocycles. The van der Waals surface area contributed by atoms with Gasteiger partial charge in [0.05, 0.1) is 12.8 Å². The smallest absolute Gasteiger partial charge is 0.254 e. The maximum atomic E-state index is 13.2. The van der Waals surface area contributed by atoms with E-state index >= 15 is 0 Å². The van der Waals surface area contributed by atoms with Gasteiger partial charge in [0, 0.05) is 44.7 Å². The third-order valence-corrected chi connectivity index (χ3v) is 5.92. The van der Waals surface area contributed by atoms with E-state index in [-0.39, 0.29) is 23.5 Å². The minimum Gasteiger partial charge on any atom is -0.508 e. The fourth-order valence-electron chi connectivity index (χ4n) is 3.93. The molecule has 1 aromatic heterocycles. The molecule has 0 spiro atoms. The van der Waals surface area contributed by atoms with Gasteiger partial charge in [0.15, 0.2) is 0 Å². The summed E-state index contributed by atoms with van der Waals surface area (Å²) in [4.78, 5) is 35.8. The van der Waals surface area contributed by atoms with Gasteiger partial charge in [-0.15, -0.1) is 0 Å². The predicted octanol–water partition coefficient (Wildman–Crippen LogP) is 3.20. The van der Waals surface area contributed by atoms with E-state index in [1.54, 1.807) is 36.2 Å². The molecule has 0 unspecified atom stereocenters. The van der Waals surface area contributed by atoms with Gasteiger partial charge in [0.2, 0.25) is 5.88 Å². The van der Waals surface area contributed by atoms with E-state index in [2.05, 4.69) is 4.98 Å². The van der Waals surface area contributed by atoms with Crippen LogP contribution in [0, 0.1) is 0 Å². The maximum Gasteiger partial charge on any atom is 0.254 e. The molecule has 3 rings (SSSR count). The molecule has 2 amide bonds. The second-order valence-electron chi connectivity index (χ2n) is 9.09. The van der Waals surface area contributed by atoms with Gasteiger partial charge in [-0.25, -0.2) is 4.98 Å². The number of amides is 2. The summed E-state index contributed by atoms with van der Waals surface area (Å²) in [5.74, 6) is 0.408. The Balaban J connectivity index is 1.85. The average Bonchev–Trinajstić information content (AvgIpc) is 2.81. The summed E-state index contributed by atoms with van der Waals surface area (Å²) in [7, 11) is 7.09. The second-order valence-corrected chi connectivity index (χ2v) is 9.09. The van der Waals surface area contributed by atoms with Crippen LogP contribution in [-0.2, 0) is 17.8 Å². The molecule has 1 aliphatic heterocycles. The zero-order valence-electron chi connectivity index (χ0n) is 20.8. The summed E-state index contributed by atoms with van der Waals surface area (Å²) in [6, 6.07) is 6.88. The van der Waals surface area contributed by atoms with Crippen molar-refractivity contribution < 1.29 is 19.4 Å². The Bertz CT molecular complexity index is 1090. The predicted molar refractivity (Wildman–Crippen MR) is 133 cm³/mol. The number of phenolic OH excluding ortho intramolecular Hbond substituents is 1. The number of carbonyl (C=O) groups excluding carboxylic acids is 2. The standard InChI is InChI=1S/C26H34N4O4/c1-17(2)20-14-18(9-10-23(20)31)26(33)30-13-11-21-19(16-30)15-22(25(27-21)34-6)29(5)24(32)8-7-12-28(3)4/h7-10,14-15,17,31H,11-13,16H2,1-6H3/b8-7+. The van der Waals surface area contributed by atoms with Gasteiger partial charge < -0.3 is 24.5 Å². The molecule has 1 aromatic carbocycles. The van der Waals surface area contributed by atoms with Gasteiger partial charge in [-0.05, 0) is 55.4 Å². The van der Waals surface area contributed by atoms with Crippen molar-refractivity contribution in [2.75, 3.05) is 46.2 Å².